The maximum atomic E-state index is 13.1. The van der Waals surface area contributed by atoms with Crippen LogP contribution in [0.2, 0.25) is 0 Å². The number of carbonyl (C=O) groups is 1. The van der Waals surface area contributed by atoms with E-state index in [0.29, 0.717) is 12.4 Å². The minimum Gasteiger partial charge on any atom is -0.487 e. The molecule has 3 heteroatoms. The lowest BCUT2D eigenvalue weighted by molar-refractivity contribution is 0.0916. The Morgan fingerprint density at radius 2 is 1.88 bits per heavy atom. The number of Topliss-reactive ketones (excluding diaryl/α,β-unsaturated/α-hetero) is 1. The van der Waals surface area contributed by atoms with E-state index in [1.807, 2.05) is 40.9 Å². The maximum Gasteiger partial charge on any atom is 0.182 e. The molecule has 0 unspecified atom stereocenters. The molecule has 2 aromatic heterocycles. The molecule has 1 fully saturated rings. The number of pyridine rings is 1. The molecule has 0 N–H and O–H groups in total. The van der Waals surface area contributed by atoms with Crippen molar-refractivity contribution in [3.63, 3.8) is 0 Å². The van der Waals surface area contributed by atoms with Crippen molar-refractivity contribution < 1.29 is 9.53 Å². The second kappa shape index (κ2) is 7.36. The van der Waals surface area contributed by atoms with E-state index in [2.05, 4.69) is 25.1 Å². The number of ether oxygens (including phenoxy) is 1. The molecule has 3 aromatic rings. The Balaban J connectivity index is 1.69. The molecule has 134 valence electrons. The fourth-order valence-corrected chi connectivity index (χ4v) is 4.01. The lowest BCUT2D eigenvalue weighted by Gasteiger charge is -2.12. The highest BCUT2D eigenvalue weighted by Crippen LogP contribution is 2.32. The fourth-order valence-electron chi connectivity index (χ4n) is 4.01. The van der Waals surface area contributed by atoms with Crippen molar-refractivity contribution in [2.45, 2.75) is 45.6 Å². The second-order valence-corrected chi connectivity index (χ2v) is 7.12. The van der Waals surface area contributed by atoms with Gasteiger partial charge in [0.2, 0.25) is 0 Å². The number of hydrogen-bond acceptors (Lipinski definition) is 2. The van der Waals surface area contributed by atoms with Crippen molar-refractivity contribution in [2.75, 3.05) is 0 Å². The average Bonchev–Trinajstić information content (AvgIpc) is 3.34. The van der Waals surface area contributed by atoms with Gasteiger partial charge >= 0.3 is 0 Å². The summed E-state index contributed by atoms with van der Waals surface area (Å²) in [6.07, 6.45) is 7.25. The minimum atomic E-state index is 0.187. The summed E-state index contributed by atoms with van der Waals surface area (Å²) in [6.45, 7) is 2.64. The van der Waals surface area contributed by atoms with E-state index >= 15 is 0 Å². The lowest BCUT2D eigenvalue weighted by atomic mass is 9.97. The first kappa shape index (κ1) is 16.9. The van der Waals surface area contributed by atoms with Crippen LogP contribution in [-0.4, -0.2) is 10.2 Å². The van der Waals surface area contributed by atoms with E-state index in [0.717, 1.165) is 47.3 Å². The van der Waals surface area contributed by atoms with Crippen molar-refractivity contribution in [3.8, 4) is 5.75 Å². The van der Waals surface area contributed by atoms with Gasteiger partial charge < -0.3 is 9.14 Å². The van der Waals surface area contributed by atoms with Crippen LogP contribution in [0.3, 0.4) is 0 Å². The van der Waals surface area contributed by atoms with Gasteiger partial charge in [-0.05, 0) is 48.6 Å². The largest absolute Gasteiger partial charge is 0.487 e. The Hall–Kier alpha value is -2.55. The van der Waals surface area contributed by atoms with E-state index in [1.165, 1.54) is 12.8 Å². The SMILES string of the molecule is CCc1cc2c(OCc3ccccc3)cccn2c1C(=O)C1CCCC1. The quantitative estimate of drug-likeness (QED) is 0.555. The zero-order chi connectivity index (χ0) is 17.9. The Morgan fingerprint density at radius 1 is 1.12 bits per heavy atom. The highest BCUT2D eigenvalue weighted by molar-refractivity contribution is 5.99. The lowest BCUT2D eigenvalue weighted by Crippen LogP contribution is -2.15. The van der Waals surface area contributed by atoms with Gasteiger partial charge in [0.05, 0.1) is 11.2 Å². The standard InChI is InChI=1S/C23H25NO2/c1-2-18-15-20-21(26-16-17-9-4-3-5-10-17)13-8-14-24(20)22(18)23(25)19-11-6-7-12-19/h3-5,8-10,13-15,19H,2,6-7,11-12,16H2,1H3. The van der Waals surface area contributed by atoms with Gasteiger partial charge in [0.15, 0.2) is 5.78 Å². The summed E-state index contributed by atoms with van der Waals surface area (Å²) >= 11 is 0. The van der Waals surface area contributed by atoms with E-state index < -0.39 is 0 Å². The van der Waals surface area contributed by atoms with Gasteiger partial charge in [0.25, 0.3) is 0 Å². The van der Waals surface area contributed by atoms with Gasteiger partial charge in [0, 0.05) is 12.1 Å². The van der Waals surface area contributed by atoms with Gasteiger partial charge in [-0.25, -0.2) is 0 Å². The summed E-state index contributed by atoms with van der Waals surface area (Å²) in [7, 11) is 0. The van der Waals surface area contributed by atoms with Crippen molar-refractivity contribution in [2.24, 2.45) is 5.92 Å². The van der Waals surface area contributed by atoms with Crippen LogP contribution in [0.4, 0.5) is 0 Å². The van der Waals surface area contributed by atoms with E-state index in [-0.39, 0.29) is 5.92 Å². The number of hydrogen-bond donors (Lipinski definition) is 0. The molecule has 1 aromatic carbocycles. The first-order valence-corrected chi connectivity index (χ1v) is 9.62. The molecular formula is C23H25NO2. The summed E-state index contributed by atoms with van der Waals surface area (Å²) in [4.78, 5) is 13.1. The number of aromatic nitrogens is 1. The topological polar surface area (TPSA) is 30.7 Å². The van der Waals surface area contributed by atoms with Crippen LogP contribution in [0, 0.1) is 5.92 Å². The molecule has 1 aliphatic carbocycles. The van der Waals surface area contributed by atoms with Crippen molar-refractivity contribution in [1.29, 1.82) is 0 Å². The predicted molar refractivity (Wildman–Crippen MR) is 104 cm³/mol. The minimum absolute atomic E-state index is 0.187. The number of benzene rings is 1. The third-order valence-corrected chi connectivity index (χ3v) is 5.43. The predicted octanol–water partition coefficient (Wildman–Crippen LogP) is 5.45. The van der Waals surface area contributed by atoms with Crippen molar-refractivity contribution in [1.82, 2.24) is 4.40 Å². The highest BCUT2D eigenvalue weighted by Gasteiger charge is 2.28. The molecule has 1 aliphatic rings. The first-order chi connectivity index (χ1) is 12.8. The van der Waals surface area contributed by atoms with E-state index in [1.54, 1.807) is 0 Å². The Labute approximate surface area is 154 Å². The maximum absolute atomic E-state index is 13.1. The third kappa shape index (κ3) is 3.14. The van der Waals surface area contributed by atoms with Gasteiger partial charge in [-0.1, -0.05) is 50.1 Å². The number of ketones is 1. The highest BCUT2D eigenvalue weighted by atomic mass is 16.5. The van der Waals surface area contributed by atoms with Crippen molar-refractivity contribution >= 4 is 11.3 Å². The third-order valence-electron chi connectivity index (χ3n) is 5.43. The summed E-state index contributed by atoms with van der Waals surface area (Å²) in [6, 6.07) is 16.2. The van der Waals surface area contributed by atoms with Crippen molar-refractivity contribution in [3.05, 3.63) is 71.5 Å². The zero-order valence-corrected chi connectivity index (χ0v) is 15.3. The molecule has 0 amide bonds. The molecule has 26 heavy (non-hydrogen) atoms. The van der Waals surface area contributed by atoms with Crippen LogP contribution in [0.25, 0.3) is 5.52 Å². The first-order valence-electron chi connectivity index (χ1n) is 9.62. The summed E-state index contributed by atoms with van der Waals surface area (Å²) in [5, 5.41) is 0. The molecule has 2 heterocycles. The molecule has 0 aliphatic heterocycles. The average molecular weight is 347 g/mol. The number of rotatable bonds is 6. The summed E-state index contributed by atoms with van der Waals surface area (Å²) in [5.41, 5.74) is 4.11. The Bertz CT molecular complexity index is 905. The number of nitrogens with zero attached hydrogens (tertiary/aromatic N) is 1. The molecule has 0 atom stereocenters. The number of carbonyl (C=O) groups excluding carboxylic acids is 1. The van der Waals surface area contributed by atoms with Crippen LogP contribution in [-0.2, 0) is 13.0 Å². The van der Waals surface area contributed by atoms with E-state index in [4.69, 9.17) is 4.74 Å². The molecule has 1 saturated carbocycles. The monoisotopic (exact) mass is 347 g/mol. The zero-order valence-electron chi connectivity index (χ0n) is 15.3. The second-order valence-electron chi connectivity index (χ2n) is 7.12. The molecule has 0 radical (unpaired) electrons. The normalized spacial score (nSPS) is 14.8. The van der Waals surface area contributed by atoms with Gasteiger partial charge in [-0.15, -0.1) is 0 Å². The number of fused-ring (bicyclic) bond motifs is 1. The fraction of sp³-hybridized carbons (Fsp3) is 0.348. The summed E-state index contributed by atoms with van der Waals surface area (Å²) < 4.78 is 8.13. The molecular weight excluding hydrogens is 322 g/mol. The molecule has 0 spiro atoms. The molecule has 0 saturated heterocycles. The van der Waals surface area contributed by atoms with Crippen LogP contribution in [0.15, 0.2) is 54.7 Å². The van der Waals surface area contributed by atoms with Gasteiger partial charge in [-0.2, -0.15) is 0 Å². The smallest absolute Gasteiger partial charge is 0.182 e. The number of aryl methyl sites for hydroxylation is 1. The Morgan fingerprint density at radius 3 is 2.62 bits per heavy atom. The van der Waals surface area contributed by atoms with Crippen LogP contribution < -0.4 is 4.74 Å². The van der Waals surface area contributed by atoms with Gasteiger partial charge in [-0.3, -0.25) is 4.79 Å². The van der Waals surface area contributed by atoms with Crippen LogP contribution >= 0.6 is 0 Å². The van der Waals surface area contributed by atoms with Crippen LogP contribution in [0.1, 0.15) is 54.2 Å². The molecule has 3 nitrogen and oxygen atoms in total. The van der Waals surface area contributed by atoms with E-state index in [9.17, 15) is 4.79 Å². The van der Waals surface area contributed by atoms with Gasteiger partial charge in [0.1, 0.15) is 12.4 Å². The van der Waals surface area contributed by atoms with Crippen LogP contribution in [0.5, 0.6) is 5.75 Å². The molecule has 0 bridgehead atoms. The Kier molecular flexibility index (Phi) is 4.79. The summed E-state index contributed by atoms with van der Waals surface area (Å²) in [5.74, 6) is 1.32. The molecule has 4 rings (SSSR count).